The van der Waals surface area contributed by atoms with Crippen LogP contribution in [0.25, 0.3) is 0 Å². The van der Waals surface area contributed by atoms with E-state index in [0.717, 1.165) is 54.8 Å². The lowest BCUT2D eigenvalue weighted by atomic mass is 9.47. The molecule has 0 N–H and O–H groups in total. The summed E-state index contributed by atoms with van der Waals surface area (Å²) >= 11 is 0. The van der Waals surface area contributed by atoms with E-state index in [4.69, 9.17) is 4.74 Å². The quantitative estimate of drug-likeness (QED) is 0.0702. The van der Waals surface area contributed by atoms with Gasteiger partial charge in [-0.15, -0.1) is 0 Å². The van der Waals surface area contributed by atoms with Crippen LogP contribution in [0.15, 0.2) is 23.8 Å². The number of rotatable bonds is 21. The summed E-state index contributed by atoms with van der Waals surface area (Å²) in [6.07, 6.45) is 39.4. The van der Waals surface area contributed by atoms with Crippen molar-refractivity contribution in [2.75, 3.05) is 0 Å². The number of carbonyl (C=O) groups is 1. The van der Waals surface area contributed by atoms with Crippen LogP contribution in [0, 0.1) is 46.3 Å². The number of allylic oxidation sites excluding steroid dienone is 3. The monoisotopic (exact) mass is 651 g/mol. The van der Waals surface area contributed by atoms with Crippen molar-refractivity contribution in [2.24, 2.45) is 46.3 Å². The molecule has 4 aliphatic carbocycles. The molecule has 0 heterocycles. The van der Waals surface area contributed by atoms with Crippen LogP contribution in [0.5, 0.6) is 0 Å². The van der Waals surface area contributed by atoms with E-state index in [1.165, 1.54) is 135 Å². The zero-order chi connectivity index (χ0) is 33.7. The maximum Gasteiger partial charge on any atom is 0.306 e. The Hall–Kier alpha value is -1.05. The highest BCUT2D eigenvalue weighted by atomic mass is 16.5. The molecule has 0 amide bonds. The molecule has 3 saturated carbocycles. The highest BCUT2D eigenvalue weighted by Crippen LogP contribution is 2.67. The summed E-state index contributed by atoms with van der Waals surface area (Å²) in [6, 6.07) is 0. The fourth-order valence-corrected chi connectivity index (χ4v) is 11.3. The van der Waals surface area contributed by atoms with Crippen LogP contribution in [0.4, 0.5) is 0 Å². The molecule has 4 aliphatic rings. The van der Waals surface area contributed by atoms with Crippen LogP contribution in [0.2, 0.25) is 0 Å². The summed E-state index contributed by atoms with van der Waals surface area (Å²) in [5, 5.41) is 0. The first-order valence-electron chi connectivity index (χ1n) is 21.2. The predicted molar refractivity (Wildman–Crippen MR) is 202 cm³/mol. The summed E-state index contributed by atoms with van der Waals surface area (Å²) in [5.41, 5.74) is 2.53. The molecule has 0 aliphatic heterocycles. The molecule has 47 heavy (non-hydrogen) atoms. The maximum absolute atomic E-state index is 12.8. The molecule has 2 heteroatoms. The first-order chi connectivity index (χ1) is 22.7. The first-order valence-corrected chi connectivity index (χ1v) is 21.2. The molecular formula is C45H78O2. The Morgan fingerprint density at radius 3 is 2.19 bits per heavy atom. The summed E-state index contributed by atoms with van der Waals surface area (Å²) in [6.45, 7) is 14.9. The number of carbonyl (C=O) groups excluding carboxylic acids is 1. The average Bonchev–Trinajstić information content (AvgIpc) is 3.40. The molecule has 0 aromatic carbocycles. The van der Waals surface area contributed by atoms with Crippen LogP contribution < -0.4 is 0 Å². The van der Waals surface area contributed by atoms with Gasteiger partial charge in [0, 0.05) is 12.8 Å². The number of fused-ring (bicyclic) bond motifs is 5. The van der Waals surface area contributed by atoms with Crippen molar-refractivity contribution in [2.45, 2.75) is 208 Å². The molecular weight excluding hydrogens is 572 g/mol. The molecule has 0 spiro atoms. The molecule has 0 radical (unpaired) electrons. The number of unbranched alkanes of at least 4 members (excludes halogenated alkanes) is 11. The molecule has 2 nitrogen and oxygen atoms in total. The van der Waals surface area contributed by atoms with Gasteiger partial charge in [0.05, 0.1) is 0 Å². The van der Waals surface area contributed by atoms with E-state index in [2.05, 4.69) is 59.8 Å². The van der Waals surface area contributed by atoms with Crippen molar-refractivity contribution in [1.29, 1.82) is 0 Å². The number of hydrogen-bond acceptors (Lipinski definition) is 2. The van der Waals surface area contributed by atoms with Gasteiger partial charge in [0.2, 0.25) is 0 Å². The minimum atomic E-state index is 0.0577. The van der Waals surface area contributed by atoms with Crippen LogP contribution >= 0.6 is 0 Å². The van der Waals surface area contributed by atoms with Crippen molar-refractivity contribution >= 4 is 5.97 Å². The van der Waals surface area contributed by atoms with Gasteiger partial charge >= 0.3 is 5.97 Å². The minimum Gasteiger partial charge on any atom is -0.462 e. The third-order valence-electron chi connectivity index (χ3n) is 14.2. The Labute approximate surface area is 293 Å². The molecule has 0 saturated heterocycles. The Kier molecular flexibility index (Phi) is 16.0. The zero-order valence-corrected chi connectivity index (χ0v) is 32.3. The summed E-state index contributed by atoms with van der Waals surface area (Å²) in [7, 11) is 0. The van der Waals surface area contributed by atoms with Crippen molar-refractivity contribution in [3.8, 4) is 0 Å². The van der Waals surface area contributed by atoms with Gasteiger partial charge in [-0.1, -0.05) is 136 Å². The third kappa shape index (κ3) is 10.7. The van der Waals surface area contributed by atoms with Gasteiger partial charge < -0.3 is 4.74 Å². The molecule has 0 bridgehead atoms. The number of hydrogen-bond donors (Lipinski definition) is 0. The van der Waals surface area contributed by atoms with Gasteiger partial charge in [-0.25, -0.2) is 0 Å². The second-order valence-corrected chi connectivity index (χ2v) is 18.0. The molecule has 270 valence electrons. The van der Waals surface area contributed by atoms with Gasteiger partial charge in [0.25, 0.3) is 0 Å². The fraction of sp³-hybridized carbons (Fsp3) is 0.889. The summed E-state index contributed by atoms with van der Waals surface area (Å²) < 4.78 is 6.13. The molecule has 8 atom stereocenters. The molecule has 8 unspecified atom stereocenters. The van der Waals surface area contributed by atoms with Crippen LogP contribution in [-0.4, -0.2) is 12.1 Å². The van der Waals surface area contributed by atoms with Gasteiger partial charge in [-0.3, -0.25) is 4.79 Å². The first kappa shape index (κ1) is 38.7. The lowest BCUT2D eigenvalue weighted by Gasteiger charge is -2.58. The molecule has 0 aromatic heterocycles. The van der Waals surface area contributed by atoms with Crippen molar-refractivity contribution in [1.82, 2.24) is 0 Å². The van der Waals surface area contributed by atoms with E-state index in [0.29, 0.717) is 17.3 Å². The van der Waals surface area contributed by atoms with Gasteiger partial charge in [-0.05, 0) is 123 Å². The summed E-state index contributed by atoms with van der Waals surface area (Å²) in [5.74, 6) is 5.32. The summed E-state index contributed by atoms with van der Waals surface area (Å²) in [4.78, 5) is 12.8. The molecule has 3 fully saturated rings. The molecule has 4 rings (SSSR count). The Morgan fingerprint density at radius 1 is 0.809 bits per heavy atom. The van der Waals surface area contributed by atoms with Crippen molar-refractivity contribution in [3.05, 3.63) is 23.8 Å². The SMILES string of the molecule is CCCCCCC=CCCCCCCCCCC(=O)OC1CCC2(C)C(=CCC3C2CCC2(C)C(C(C)CCCC(C)C)CCC32)C1. The van der Waals surface area contributed by atoms with Crippen molar-refractivity contribution < 1.29 is 9.53 Å². The van der Waals surface area contributed by atoms with E-state index in [1.807, 2.05) is 0 Å². The van der Waals surface area contributed by atoms with E-state index in [9.17, 15) is 4.79 Å². The Balaban J connectivity index is 1.11. The molecule has 0 aromatic rings. The normalized spacial score (nSPS) is 32.6. The minimum absolute atomic E-state index is 0.0577. The van der Waals surface area contributed by atoms with Gasteiger partial charge in [0.15, 0.2) is 0 Å². The lowest BCUT2D eigenvalue weighted by Crippen LogP contribution is -2.51. The van der Waals surface area contributed by atoms with Crippen molar-refractivity contribution in [3.63, 3.8) is 0 Å². The second kappa shape index (κ2) is 19.4. The zero-order valence-electron chi connectivity index (χ0n) is 32.3. The van der Waals surface area contributed by atoms with E-state index < -0.39 is 0 Å². The van der Waals surface area contributed by atoms with Crippen LogP contribution in [0.3, 0.4) is 0 Å². The van der Waals surface area contributed by atoms with E-state index >= 15 is 0 Å². The van der Waals surface area contributed by atoms with Crippen LogP contribution in [0.1, 0.15) is 202 Å². The smallest absolute Gasteiger partial charge is 0.306 e. The lowest BCUT2D eigenvalue weighted by molar-refractivity contribution is -0.151. The Bertz CT molecular complexity index is 976. The number of esters is 1. The Morgan fingerprint density at radius 2 is 1.49 bits per heavy atom. The maximum atomic E-state index is 12.8. The van der Waals surface area contributed by atoms with Gasteiger partial charge in [-0.2, -0.15) is 0 Å². The highest BCUT2D eigenvalue weighted by Gasteiger charge is 2.59. The third-order valence-corrected chi connectivity index (χ3v) is 14.2. The topological polar surface area (TPSA) is 26.3 Å². The standard InChI is InChI=1S/C45H78O2/c1-7-8-9-10-11-12-13-14-15-16-17-18-19-20-21-25-43(46)47-38-30-32-44(5)37(34-38)26-27-39-41-29-28-40(36(4)24-22-23-35(2)3)45(41,6)33-31-42(39)44/h12-13,26,35-36,38-42H,7-11,14-25,27-34H2,1-6H3. The van der Waals surface area contributed by atoms with Crippen LogP contribution in [-0.2, 0) is 9.53 Å². The van der Waals surface area contributed by atoms with E-state index in [1.54, 1.807) is 5.57 Å². The average molecular weight is 651 g/mol. The highest BCUT2D eigenvalue weighted by molar-refractivity contribution is 5.69. The van der Waals surface area contributed by atoms with E-state index in [-0.39, 0.29) is 12.1 Å². The number of ether oxygens (including phenoxy) is 1. The fourth-order valence-electron chi connectivity index (χ4n) is 11.3. The van der Waals surface area contributed by atoms with Gasteiger partial charge in [0.1, 0.15) is 6.10 Å². The predicted octanol–water partition coefficient (Wildman–Crippen LogP) is 14.0. The second-order valence-electron chi connectivity index (χ2n) is 18.0. The largest absolute Gasteiger partial charge is 0.462 e.